The molecule has 0 radical (unpaired) electrons. The summed E-state index contributed by atoms with van der Waals surface area (Å²) in [5, 5.41) is 22.7. The second-order valence-corrected chi connectivity index (χ2v) is 11.3. The van der Waals surface area contributed by atoms with E-state index in [0.29, 0.717) is 22.2 Å². The van der Waals surface area contributed by atoms with Crippen molar-refractivity contribution in [3.8, 4) is 11.8 Å². The van der Waals surface area contributed by atoms with Gasteiger partial charge < -0.3 is 10.4 Å². The molecule has 8 nitrogen and oxygen atoms in total. The first kappa shape index (κ1) is 22.3. The Morgan fingerprint density at radius 2 is 1.80 bits per heavy atom. The van der Waals surface area contributed by atoms with Crippen LogP contribution in [-0.2, 0) is 15.4 Å². The third-order valence-corrected chi connectivity index (χ3v) is 8.54. The number of nitriles is 1. The maximum absolute atomic E-state index is 12.8. The van der Waals surface area contributed by atoms with E-state index in [9.17, 15) is 28.4 Å². The summed E-state index contributed by atoms with van der Waals surface area (Å²) in [6, 6.07) is 7.83. The number of hydrogen-bond donors (Lipinski definition) is 3. The number of aromatic hydroxyl groups is 1. The van der Waals surface area contributed by atoms with Gasteiger partial charge in [0.05, 0.1) is 26.4 Å². The predicted octanol–water partition coefficient (Wildman–Crippen LogP) is 3.03. The number of halogens is 1. The molecule has 0 aliphatic heterocycles. The highest BCUT2D eigenvalue weighted by Crippen LogP contribution is 2.42. The number of nitrogens with zero attached hydrogens (tertiary/aromatic N) is 1. The Kier molecular flexibility index (Phi) is 6.21. The van der Waals surface area contributed by atoms with E-state index in [4.69, 9.17) is 0 Å². The van der Waals surface area contributed by atoms with Gasteiger partial charge in [-0.3, -0.25) is 9.59 Å². The summed E-state index contributed by atoms with van der Waals surface area (Å²) in [4.78, 5) is 25.1. The Hall–Kier alpha value is -2.42. The van der Waals surface area contributed by atoms with Crippen LogP contribution >= 0.6 is 27.3 Å². The highest BCUT2D eigenvalue weighted by Gasteiger charge is 2.38. The molecule has 1 heterocycles. The van der Waals surface area contributed by atoms with Crippen molar-refractivity contribution in [2.45, 2.75) is 35.3 Å². The van der Waals surface area contributed by atoms with E-state index in [0.717, 1.165) is 24.2 Å². The van der Waals surface area contributed by atoms with Gasteiger partial charge in [-0.2, -0.15) is 5.26 Å². The lowest BCUT2D eigenvalue weighted by atomic mass is 9.79. The van der Waals surface area contributed by atoms with Crippen LogP contribution in [0.4, 0.5) is 0 Å². The van der Waals surface area contributed by atoms with Crippen LogP contribution in [0.5, 0.6) is 5.75 Å². The van der Waals surface area contributed by atoms with Crippen molar-refractivity contribution in [1.82, 2.24) is 10.0 Å². The number of phenols is 1. The maximum Gasteiger partial charge on any atom is 0.273 e. The summed E-state index contributed by atoms with van der Waals surface area (Å²) in [7, 11) is -2.82. The van der Waals surface area contributed by atoms with Crippen molar-refractivity contribution >= 4 is 49.1 Å². The van der Waals surface area contributed by atoms with Crippen LogP contribution in [0.15, 0.2) is 32.3 Å². The highest BCUT2D eigenvalue weighted by molar-refractivity contribution is 9.11. The first-order valence-corrected chi connectivity index (χ1v) is 12.1. The summed E-state index contributed by atoms with van der Waals surface area (Å²) >= 11 is 4.09. The van der Waals surface area contributed by atoms with Crippen LogP contribution < -0.4 is 10.0 Å². The molecule has 1 aliphatic carbocycles. The molecule has 0 spiro atoms. The highest BCUT2D eigenvalue weighted by atomic mass is 79.9. The Labute approximate surface area is 186 Å². The summed E-state index contributed by atoms with van der Waals surface area (Å²) in [6.45, 7) is 0. The minimum atomic E-state index is -4.18. The van der Waals surface area contributed by atoms with Crippen LogP contribution in [0.3, 0.4) is 0 Å². The van der Waals surface area contributed by atoms with E-state index in [1.165, 1.54) is 31.3 Å². The second kappa shape index (κ2) is 8.37. The fourth-order valence-electron chi connectivity index (χ4n) is 3.50. The van der Waals surface area contributed by atoms with Crippen molar-refractivity contribution in [3.63, 3.8) is 0 Å². The maximum atomic E-state index is 12.8. The van der Waals surface area contributed by atoms with E-state index >= 15 is 0 Å². The zero-order valence-corrected chi connectivity index (χ0v) is 19.1. The van der Waals surface area contributed by atoms with Gasteiger partial charge in [0.15, 0.2) is 0 Å². The lowest BCUT2D eigenvalue weighted by Gasteiger charge is -2.23. The molecule has 30 heavy (non-hydrogen) atoms. The quantitative estimate of drug-likeness (QED) is 0.564. The molecular weight excluding hydrogens is 494 g/mol. The van der Waals surface area contributed by atoms with E-state index in [1.807, 2.05) is 4.72 Å². The third kappa shape index (κ3) is 4.08. The van der Waals surface area contributed by atoms with Gasteiger partial charge in [-0.25, -0.2) is 13.1 Å². The standard InChI is InChI=1S/C19H18BrN3O5S2/c1-22-17(25)12-8-11(19(10-21)6-2-3-7-19)9-13(16(12)24)18(26)23-30(27,28)15-5-4-14(20)29-15/h4-5,8-9,24H,2-3,6-7H2,1H3,(H,22,25)(H,23,26). The summed E-state index contributed by atoms with van der Waals surface area (Å²) in [6.07, 6.45) is 2.72. The lowest BCUT2D eigenvalue weighted by molar-refractivity contribution is 0.0960. The molecule has 1 fully saturated rings. The number of rotatable bonds is 5. The minimum absolute atomic E-state index is 0.0887. The smallest absolute Gasteiger partial charge is 0.273 e. The fourth-order valence-corrected chi connectivity index (χ4v) is 6.48. The largest absolute Gasteiger partial charge is 0.506 e. The fraction of sp³-hybridized carbons (Fsp3) is 0.316. The lowest BCUT2D eigenvalue weighted by Crippen LogP contribution is -2.31. The summed E-state index contributed by atoms with van der Waals surface area (Å²) in [5.74, 6) is -2.39. The molecule has 0 saturated heterocycles. The first-order valence-electron chi connectivity index (χ1n) is 8.97. The third-order valence-electron chi connectivity index (χ3n) is 5.09. The Bertz CT molecular complexity index is 1160. The van der Waals surface area contributed by atoms with Gasteiger partial charge in [0.25, 0.3) is 21.8 Å². The monoisotopic (exact) mass is 511 g/mol. The number of carbonyl (C=O) groups excluding carboxylic acids is 2. The molecule has 1 aromatic carbocycles. The number of sulfonamides is 1. The number of phenolic OH excluding ortho intramolecular Hbond substituents is 1. The topological polar surface area (TPSA) is 136 Å². The van der Waals surface area contributed by atoms with Crippen molar-refractivity contribution in [2.24, 2.45) is 0 Å². The molecule has 3 N–H and O–H groups in total. The predicted molar refractivity (Wildman–Crippen MR) is 114 cm³/mol. The molecule has 0 bridgehead atoms. The molecule has 2 aromatic rings. The Morgan fingerprint density at radius 3 is 2.30 bits per heavy atom. The number of thiophene rings is 1. The zero-order chi connectivity index (χ0) is 22.1. The van der Waals surface area contributed by atoms with E-state index < -0.39 is 33.0 Å². The minimum Gasteiger partial charge on any atom is -0.506 e. The van der Waals surface area contributed by atoms with Gasteiger partial charge in [0, 0.05) is 7.05 Å². The molecule has 0 unspecified atom stereocenters. The molecule has 0 atom stereocenters. The Balaban J connectivity index is 2.09. The molecule has 1 saturated carbocycles. The van der Waals surface area contributed by atoms with Gasteiger partial charge >= 0.3 is 0 Å². The average molecular weight is 512 g/mol. The molecular formula is C19H18BrN3O5S2. The van der Waals surface area contributed by atoms with Gasteiger partial charge in [0.2, 0.25) is 0 Å². The van der Waals surface area contributed by atoms with Gasteiger partial charge in [-0.05, 0) is 58.6 Å². The molecule has 1 aromatic heterocycles. The number of amides is 2. The average Bonchev–Trinajstić information content (AvgIpc) is 3.37. The number of nitrogens with one attached hydrogen (secondary N) is 2. The summed E-state index contributed by atoms with van der Waals surface area (Å²) in [5.41, 5.74) is -1.08. The van der Waals surface area contributed by atoms with E-state index in [2.05, 4.69) is 27.3 Å². The number of benzene rings is 1. The van der Waals surface area contributed by atoms with Crippen molar-refractivity contribution in [3.05, 3.63) is 44.7 Å². The Morgan fingerprint density at radius 1 is 1.20 bits per heavy atom. The zero-order valence-electron chi connectivity index (χ0n) is 15.9. The van der Waals surface area contributed by atoms with Crippen molar-refractivity contribution in [2.75, 3.05) is 7.05 Å². The molecule has 11 heteroatoms. The molecule has 158 valence electrons. The normalized spacial score (nSPS) is 15.4. The van der Waals surface area contributed by atoms with E-state index in [-0.39, 0.29) is 15.3 Å². The van der Waals surface area contributed by atoms with Gasteiger partial charge in [-0.1, -0.05) is 12.8 Å². The number of carbonyl (C=O) groups is 2. The molecule has 3 rings (SSSR count). The molecule has 2 amide bonds. The van der Waals surface area contributed by atoms with E-state index in [1.54, 1.807) is 0 Å². The first-order chi connectivity index (χ1) is 14.1. The van der Waals surface area contributed by atoms with Crippen LogP contribution in [0.2, 0.25) is 0 Å². The van der Waals surface area contributed by atoms with Gasteiger partial charge in [-0.15, -0.1) is 11.3 Å². The molecule has 1 aliphatic rings. The van der Waals surface area contributed by atoms with Crippen LogP contribution in [0.25, 0.3) is 0 Å². The SMILES string of the molecule is CNC(=O)c1cc(C2(C#N)CCCC2)cc(C(=O)NS(=O)(=O)c2ccc(Br)s2)c1O. The van der Waals surface area contributed by atoms with Crippen LogP contribution in [-0.4, -0.2) is 32.4 Å². The van der Waals surface area contributed by atoms with Crippen LogP contribution in [0.1, 0.15) is 52.0 Å². The van der Waals surface area contributed by atoms with Crippen LogP contribution in [0, 0.1) is 11.3 Å². The van der Waals surface area contributed by atoms with Crippen molar-refractivity contribution in [1.29, 1.82) is 5.26 Å². The number of hydrogen-bond acceptors (Lipinski definition) is 7. The van der Waals surface area contributed by atoms with Gasteiger partial charge in [0.1, 0.15) is 9.96 Å². The second-order valence-electron chi connectivity index (χ2n) is 6.89. The van der Waals surface area contributed by atoms with Crippen molar-refractivity contribution < 1.29 is 23.1 Å². The summed E-state index contributed by atoms with van der Waals surface area (Å²) < 4.78 is 27.4.